The number of furan rings is 1. The molecule has 0 amide bonds. The Labute approximate surface area is 172 Å². The van der Waals surface area contributed by atoms with Crippen molar-refractivity contribution in [3.8, 4) is 0 Å². The van der Waals surface area contributed by atoms with E-state index in [4.69, 9.17) is 13.9 Å². The fourth-order valence-corrected chi connectivity index (χ4v) is 3.87. The van der Waals surface area contributed by atoms with Gasteiger partial charge in [0, 0.05) is 12.0 Å². The maximum atomic E-state index is 12.9. The molecule has 3 rings (SSSR count). The SMILES string of the molecule is C=C(C)[C@@H]1CCC2=C[C@H](OC2=O)[C@H](C(=C)C)c2cc(C(=O)OC(C)(C)C)c(o2)C1. The summed E-state index contributed by atoms with van der Waals surface area (Å²) < 4.78 is 17.4. The zero-order valence-corrected chi connectivity index (χ0v) is 18.0. The van der Waals surface area contributed by atoms with Gasteiger partial charge in [0.05, 0.1) is 5.92 Å². The summed E-state index contributed by atoms with van der Waals surface area (Å²) in [5.41, 5.74) is 2.27. The molecule has 2 aliphatic heterocycles. The molecule has 156 valence electrons. The minimum Gasteiger partial charge on any atom is -0.464 e. The highest BCUT2D eigenvalue weighted by Gasteiger charge is 2.37. The van der Waals surface area contributed by atoms with Gasteiger partial charge in [-0.25, -0.2) is 9.59 Å². The number of carbonyl (C=O) groups excluding carboxylic acids is 2. The maximum Gasteiger partial charge on any atom is 0.342 e. The van der Waals surface area contributed by atoms with E-state index in [1.165, 1.54) is 0 Å². The average Bonchev–Trinajstić information content (AvgIpc) is 3.12. The van der Waals surface area contributed by atoms with E-state index in [0.29, 0.717) is 35.5 Å². The van der Waals surface area contributed by atoms with Crippen LogP contribution >= 0.6 is 0 Å². The number of hydrogen-bond donors (Lipinski definition) is 0. The van der Waals surface area contributed by atoms with E-state index in [0.717, 1.165) is 17.6 Å². The topological polar surface area (TPSA) is 65.7 Å². The normalized spacial score (nSPS) is 24.2. The van der Waals surface area contributed by atoms with Crippen LogP contribution in [0.25, 0.3) is 0 Å². The summed E-state index contributed by atoms with van der Waals surface area (Å²) in [5, 5.41) is 0. The first-order chi connectivity index (χ1) is 13.5. The molecule has 0 saturated heterocycles. The standard InChI is InChI=1S/C24H30O5/c1-13(2)15-8-9-16-11-19(28-22(16)25)21(14(3)4)20-12-17(18(10-15)27-20)23(26)29-24(5,6)7/h11-12,15,19,21H,1,3,8-10H2,2,4-7H3/t15-,19+,21+/m1/s1. The predicted molar refractivity (Wildman–Crippen MR) is 111 cm³/mol. The van der Waals surface area contributed by atoms with Gasteiger partial charge in [-0.05, 0) is 65.5 Å². The van der Waals surface area contributed by atoms with Crippen molar-refractivity contribution < 1.29 is 23.5 Å². The minimum absolute atomic E-state index is 0.0734. The van der Waals surface area contributed by atoms with Gasteiger partial charge in [-0.3, -0.25) is 0 Å². The van der Waals surface area contributed by atoms with E-state index in [9.17, 15) is 9.59 Å². The van der Waals surface area contributed by atoms with Gasteiger partial charge in [0.25, 0.3) is 0 Å². The van der Waals surface area contributed by atoms with E-state index in [1.54, 1.807) is 6.07 Å². The highest BCUT2D eigenvalue weighted by atomic mass is 16.6. The van der Waals surface area contributed by atoms with Gasteiger partial charge in [0.2, 0.25) is 0 Å². The van der Waals surface area contributed by atoms with E-state index < -0.39 is 17.7 Å². The number of hydrogen-bond acceptors (Lipinski definition) is 5. The Morgan fingerprint density at radius 1 is 1.21 bits per heavy atom. The van der Waals surface area contributed by atoms with E-state index in [2.05, 4.69) is 13.2 Å². The quantitative estimate of drug-likeness (QED) is 0.512. The molecule has 0 aromatic carbocycles. The van der Waals surface area contributed by atoms with Crippen LogP contribution in [0.15, 0.2) is 46.4 Å². The second-order valence-electron chi connectivity index (χ2n) is 9.16. The molecule has 0 N–H and O–H groups in total. The highest BCUT2D eigenvalue weighted by molar-refractivity contribution is 5.92. The average molecular weight is 398 g/mol. The molecule has 4 bridgehead atoms. The highest BCUT2D eigenvalue weighted by Crippen LogP contribution is 2.39. The summed E-state index contributed by atoms with van der Waals surface area (Å²) >= 11 is 0. The molecule has 0 aliphatic carbocycles. The minimum atomic E-state index is -0.614. The van der Waals surface area contributed by atoms with Crippen LogP contribution in [0, 0.1) is 5.92 Å². The molecule has 0 radical (unpaired) electrons. The number of carbonyl (C=O) groups is 2. The van der Waals surface area contributed by atoms with Crippen molar-refractivity contribution in [2.45, 2.75) is 71.5 Å². The van der Waals surface area contributed by atoms with Crippen molar-refractivity contribution in [3.63, 3.8) is 0 Å². The monoisotopic (exact) mass is 398 g/mol. The molecule has 0 fully saturated rings. The fraction of sp³-hybridized carbons (Fsp3) is 0.500. The lowest BCUT2D eigenvalue weighted by atomic mass is 9.87. The lowest BCUT2D eigenvalue weighted by Gasteiger charge is -2.20. The van der Waals surface area contributed by atoms with Crippen molar-refractivity contribution in [2.24, 2.45) is 5.92 Å². The number of fused-ring (bicyclic) bond motifs is 3. The Morgan fingerprint density at radius 2 is 1.90 bits per heavy atom. The number of ether oxygens (including phenoxy) is 2. The Bertz CT molecular complexity index is 893. The second-order valence-corrected chi connectivity index (χ2v) is 9.16. The van der Waals surface area contributed by atoms with Crippen LogP contribution in [-0.4, -0.2) is 23.6 Å². The maximum absolute atomic E-state index is 12.9. The molecule has 29 heavy (non-hydrogen) atoms. The third kappa shape index (κ3) is 4.55. The van der Waals surface area contributed by atoms with Crippen molar-refractivity contribution in [1.82, 2.24) is 0 Å². The number of rotatable bonds is 3. The molecule has 3 heterocycles. The first-order valence-corrected chi connectivity index (χ1v) is 10.0. The predicted octanol–water partition coefficient (Wildman–Crippen LogP) is 5.28. The van der Waals surface area contributed by atoms with Crippen LogP contribution in [0.2, 0.25) is 0 Å². The third-order valence-electron chi connectivity index (χ3n) is 5.37. The molecule has 0 unspecified atom stereocenters. The van der Waals surface area contributed by atoms with Gasteiger partial charge in [-0.1, -0.05) is 24.3 Å². The van der Waals surface area contributed by atoms with Crippen molar-refractivity contribution in [1.29, 1.82) is 0 Å². The Morgan fingerprint density at radius 3 is 2.48 bits per heavy atom. The molecule has 5 heteroatoms. The Hall–Kier alpha value is -2.56. The van der Waals surface area contributed by atoms with Gasteiger partial charge >= 0.3 is 11.9 Å². The number of allylic oxidation sites excluding steroid dienone is 1. The van der Waals surface area contributed by atoms with Crippen LogP contribution in [0.3, 0.4) is 0 Å². The summed E-state index contributed by atoms with van der Waals surface area (Å²) in [7, 11) is 0. The molecular weight excluding hydrogens is 368 g/mol. The van der Waals surface area contributed by atoms with Gasteiger partial charge in [0.1, 0.15) is 28.8 Å². The molecule has 1 aromatic rings. The van der Waals surface area contributed by atoms with Crippen LogP contribution < -0.4 is 0 Å². The van der Waals surface area contributed by atoms with Gasteiger partial charge in [-0.15, -0.1) is 0 Å². The fourth-order valence-electron chi connectivity index (χ4n) is 3.87. The summed E-state index contributed by atoms with van der Waals surface area (Å²) in [6.45, 7) is 17.5. The molecule has 3 atom stereocenters. The van der Waals surface area contributed by atoms with Crippen LogP contribution in [0.4, 0.5) is 0 Å². The van der Waals surface area contributed by atoms with Crippen LogP contribution in [-0.2, 0) is 20.7 Å². The number of esters is 2. The van der Waals surface area contributed by atoms with Crippen molar-refractivity contribution in [3.05, 3.63) is 59.1 Å². The molecule has 2 aliphatic rings. The van der Waals surface area contributed by atoms with Crippen molar-refractivity contribution >= 4 is 11.9 Å². The second kappa shape index (κ2) is 7.69. The Kier molecular flexibility index (Phi) is 5.61. The van der Waals surface area contributed by atoms with E-state index in [-0.39, 0.29) is 17.8 Å². The van der Waals surface area contributed by atoms with Gasteiger partial charge < -0.3 is 13.9 Å². The smallest absolute Gasteiger partial charge is 0.342 e. The van der Waals surface area contributed by atoms with E-state index in [1.807, 2.05) is 40.7 Å². The van der Waals surface area contributed by atoms with Crippen LogP contribution in [0.1, 0.15) is 75.3 Å². The van der Waals surface area contributed by atoms with E-state index >= 15 is 0 Å². The third-order valence-corrected chi connectivity index (χ3v) is 5.37. The summed E-state index contributed by atoms with van der Waals surface area (Å²) in [6.07, 6.45) is 3.24. The lowest BCUT2D eigenvalue weighted by molar-refractivity contribution is -0.140. The summed E-state index contributed by atoms with van der Waals surface area (Å²) in [5.74, 6) is 0.160. The first kappa shape index (κ1) is 21.2. The van der Waals surface area contributed by atoms with Crippen LogP contribution in [0.5, 0.6) is 0 Å². The largest absolute Gasteiger partial charge is 0.464 e. The molecule has 1 aromatic heterocycles. The molecule has 0 spiro atoms. The lowest BCUT2D eigenvalue weighted by Crippen LogP contribution is -2.24. The van der Waals surface area contributed by atoms with Gasteiger partial charge in [-0.2, -0.15) is 0 Å². The summed E-state index contributed by atoms with van der Waals surface area (Å²) in [6, 6.07) is 1.72. The Balaban J connectivity index is 2.11. The zero-order valence-electron chi connectivity index (χ0n) is 18.0. The molecule has 0 saturated carbocycles. The van der Waals surface area contributed by atoms with Crippen molar-refractivity contribution in [2.75, 3.05) is 0 Å². The molecule has 5 nitrogen and oxygen atoms in total. The molecular formula is C24H30O5. The zero-order chi connectivity index (χ0) is 21.5. The summed E-state index contributed by atoms with van der Waals surface area (Å²) in [4.78, 5) is 25.2. The first-order valence-electron chi connectivity index (χ1n) is 10.0. The van der Waals surface area contributed by atoms with Gasteiger partial charge in [0.15, 0.2) is 0 Å².